The summed E-state index contributed by atoms with van der Waals surface area (Å²) in [4.78, 5) is 24.2. The molecular formula is C15H21N3O2. The predicted molar refractivity (Wildman–Crippen MR) is 79.6 cm³/mol. The van der Waals surface area contributed by atoms with Crippen molar-refractivity contribution in [2.45, 2.75) is 33.4 Å². The Bertz CT molecular complexity index is 682. The largest absolute Gasteiger partial charge is 0.352 e. The van der Waals surface area contributed by atoms with Crippen molar-refractivity contribution >= 4 is 16.9 Å². The fourth-order valence-corrected chi connectivity index (χ4v) is 2.13. The van der Waals surface area contributed by atoms with E-state index in [0.717, 1.165) is 11.0 Å². The number of benzene rings is 1. The van der Waals surface area contributed by atoms with E-state index in [-0.39, 0.29) is 24.2 Å². The number of carbonyl (C=O) groups excluding carboxylic acids is 1. The molecule has 0 spiro atoms. The molecule has 108 valence electrons. The van der Waals surface area contributed by atoms with Crippen LogP contribution in [0.25, 0.3) is 11.0 Å². The third kappa shape index (κ3) is 2.61. The molecular weight excluding hydrogens is 254 g/mol. The molecule has 20 heavy (non-hydrogen) atoms. The number of imidazole rings is 1. The molecule has 0 bridgehead atoms. The van der Waals surface area contributed by atoms with Crippen LogP contribution in [0.15, 0.2) is 29.1 Å². The topological polar surface area (TPSA) is 56.0 Å². The van der Waals surface area contributed by atoms with Gasteiger partial charge in [0.05, 0.1) is 11.0 Å². The Morgan fingerprint density at radius 1 is 1.20 bits per heavy atom. The number of aryl methyl sites for hydroxylation is 1. The zero-order valence-electron chi connectivity index (χ0n) is 12.4. The molecule has 1 aromatic heterocycles. The minimum Gasteiger partial charge on any atom is -0.352 e. The molecule has 1 amide bonds. The average Bonchev–Trinajstić information content (AvgIpc) is 2.64. The van der Waals surface area contributed by atoms with Crippen LogP contribution in [-0.2, 0) is 18.4 Å². The smallest absolute Gasteiger partial charge is 0.329 e. The van der Waals surface area contributed by atoms with E-state index < -0.39 is 0 Å². The molecule has 0 aliphatic rings. The molecule has 0 saturated carbocycles. The lowest BCUT2D eigenvalue weighted by Gasteiger charge is -2.17. The molecule has 0 fully saturated rings. The van der Waals surface area contributed by atoms with Gasteiger partial charge in [0.2, 0.25) is 5.91 Å². The van der Waals surface area contributed by atoms with E-state index in [2.05, 4.69) is 19.2 Å². The Morgan fingerprint density at radius 2 is 1.80 bits per heavy atom. The first-order valence-corrected chi connectivity index (χ1v) is 6.85. The van der Waals surface area contributed by atoms with Crippen LogP contribution in [0.3, 0.4) is 0 Å². The maximum absolute atomic E-state index is 12.2. The van der Waals surface area contributed by atoms with E-state index in [1.807, 2.05) is 31.2 Å². The van der Waals surface area contributed by atoms with Crippen LogP contribution < -0.4 is 11.0 Å². The van der Waals surface area contributed by atoms with Crippen LogP contribution in [0.5, 0.6) is 0 Å². The van der Waals surface area contributed by atoms with Gasteiger partial charge < -0.3 is 5.32 Å². The number of amides is 1. The fourth-order valence-electron chi connectivity index (χ4n) is 2.13. The number of nitrogens with zero attached hydrogens (tertiary/aromatic N) is 2. The summed E-state index contributed by atoms with van der Waals surface area (Å²) in [5.41, 5.74) is 1.45. The van der Waals surface area contributed by atoms with E-state index in [0.29, 0.717) is 5.92 Å². The van der Waals surface area contributed by atoms with Crippen LogP contribution in [0.4, 0.5) is 0 Å². The maximum Gasteiger partial charge on any atom is 0.329 e. The van der Waals surface area contributed by atoms with Gasteiger partial charge >= 0.3 is 5.69 Å². The fraction of sp³-hybridized carbons (Fsp3) is 0.467. The summed E-state index contributed by atoms with van der Waals surface area (Å²) in [7, 11) is 1.72. The first-order chi connectivity index (χ1) is 9.41. The number of carbonyl (C=O) groups is 1. The third-order valence-corrected chi connectivity index (χ3v) is 3.74. The summed E-state index contributed by atoms with van der Waals surface area (Å²) in [5, 5.41) is 2.92. The molecule has 1 heterocycles. The van der Waals surface area contributed by atoms with E-state index in [1.165, 1.54) is 4.57 Å². The Labute approximate surface area is 118 Å². The van der Waals surface area contributed by atoms with E-state index in [4.69, 9.17) is 0 Å². The molecule has 2 aromatic rings. The molecule has 1 atom stereocenters. The third-order valence-electron chi connectivity index (χ3n) is 3.74. The van der Waals surface area contributed by atoms with Crippen molar-refractivity contribution in [2.24, 2.45) is 13.0 Å². The minimum atomic E-state index is -0.168. The van der Waals surface area contributed by atoms with Crippen LogP contribution in [0.2, 0.25) is 0 Å². The van der Waals surface area contributed by atoms with Gasteiger partial charge in [0, 0.05) is 13.1 Å². The van der Waals surface area contributed by atoms with Gasteiger partial charge in [0.15, 0.2) is 0 Å². The SMILES string of the molecule is CC(C)C(C)NC(=O)Cn1c(=O)n(C)c2ccccc21. The summed E-state index contributed by atoms with van der Waals surface area (Å²) >= 11 is 0. The van der Waals surface area contributed by atoms with Gasteiger partial charge in [0.1, 0.15) is 6.54 Å². The van der Waals surface area contributed by atoms with Crippen LogP contribution in [0, 0.1) is 5.92 Å². The lowest BCUT2D eigenvalue weighted by Crippen LogP contribution is -2.39. The number of para-hydroxylation sites is 2. The lowest BCUT2D eigenvalue weighted by atomic mass is 10.1. The minimum absolute atomic E-state index is 0.0528. The maximum atomic E-state index is 12.2. The predicted octanol–water partition coefficient (Wildman–Crippen LogP) is 1.50. The molecule has 0 saturated heterocycles. The molecule has 1 aromatic carbocycles. The Morgan fingerprint density at radius 3 is 2.40 bits per heavy atom. The summed E-state index contributed by atoms with van der Waals surface area (Å²) in [5.74, 6) is 0.229. The monoisotopic (exact) mass is 275 g/mol. The molecule has 0 radical (unpaired) electrons. The first-order valence-electron chi connectivity index (χ1n) is 6.85. The first kappa shape index (κ1) is 14.4. The average molecular weight is 275 g/mol. The van der Waals surface area contributed by atoms with Crippen molar-refractivity contribution in [1.29, 1.82) is 0 Å². The summed E-state index contributed by atoms with van der Waals surface area (Å²) in [6, 6.07) is 7.57. The Hall–Kier alpha value is -2.04. The van der Waals surface area contributed by atoms with Gasteiger partial charge in [0.25, 0.3) is 0 Å². The van der Waals surface area contributed by atoms with E-state index in [9.17, 15) is 9.59 Å². The summed E-state index contributed by atoms with van der Waals surface area (Å²) < 4.78 is 3.08. The lowest BCUT2D eigenvalue weighted by molar-refractivity contribution is -0.122. The van der Waals surface area contributed by atoms with Gasteiger partial charge in [-0.15, -0.1) is 0 Å². The number of aromatic nitrogens is 2. The number of rotatable bonds is 4. The van der Waals surface area contributed by atoms with Gasteiger partial charge in [-0.25, -0.2) is 4.79 Å². The van der Waals surface area contributed by atoms with Crippen molar-refractivity contribution in [3.63, 3.8) is 0 Å². The van der Waals surface area contributed by atoms with E-state index >= 15 is 0 Å². The van der Waals surface area contributed by atoms with Crippen LogP contribution >= 0.6 is 0 Å². The number of nitrogens with one attached hydrogen (secondary N) is 1. The highest BCUT2D eigenvalue weighted by Crippen LogP contribution is 2.11. The number of hydrogen-bond donors (Lipinski definition) is 1. The normalized spacial score (nSPS) is 12.8. The molecule has 5 nitrogen and oxygen atoms in total. The van der Waals surface area contributed by atoms with Crippen molar-refractivity contribution in [3.8, 4) is 0 Å². The van der Waals surface area contributed by atoms with Crippen molar-refractivity contribution in [2.75, 3.05) is 0 Å². The quantitative estimate of drug-likeness (QED) is 0.919. The van der Waals surface area contributed by atoms with Crippen LogP contribution in [0.1, 0.15) is 20.8 Å². The Balaban J connectivity index is 2.28. The van der Waals surface area contributed by atoms with E-state index in [1.54, 1.807) is 11.6 Å². The molecule has 1 N–H and O–H groups in total. The van der Waals surface area contributed by atoms with Crippen LogP contribution in [-0.4, -0.2) is 21.1 Å². The molecule has 5 heteroatoms. The molecule has 0 aliphatic heterocycles. The van der Waals surface area contributed by atoms with Crippen molar-refractivity contribution < 1.29 is 4.79 Å². The second-order valence-corrected chi connectivity index (χ2v) is 5.52. The highest BCUT2D eigenvalue weighted by Gasteiger charge is 2.15. The van der Waals surface area contributed by atoms with Crippen molar-refractivity contribution in [3.05, 3.63) is 34.7 Å². The molecule has 2 rings (SSSR count). The molecule has 0 aliphatic carbocycles. The van der Waals surface area contributed by atoms with Crippen molar-refractivity contribution in [1.82, 2.24) is 14.5 Å². The second-order valence-electron chi connectivity index (χ2n) is 5.52. The second kappa shape index (κ2) is 5.53. The van der Waals surface area contributed by atoms with Gasteiger partial charge in [-0.2, -0.15) is 0 Å². The highest BCUT2D eigenvalue weighted by atomic mass is 16.2. The number of fused-ring (bicyclic) bond motifs is 1. The van der Waals surface area contributed by atoms with Gasteiger partial charge in [-0.05, 0) is 25.0 Å². The highest BCUT2D eigenvalue weighted by molar-refractivity contribution is 5.81. The Kier molecular flexibility index (Phi) is 3.97. The summed E-state index contributed by atoms with van der Waals surface area (Å²) in [6.07, 6.45) is 0. The van der Waals surface area contributed by atoms with Gasteiger partial charge in [-0.1, -0.05) is 26.0 Å². The standard InChI is InChI=1S/C15H21N3O2/c1-10(2)11(3)16-14(19)9-18-13-8-6-5-7-12(13)17(4)15(18)20/h5-8,10-11H,9H2,1-4H3,(H,16,19). The van der Waals surface area contributed by atoms with Gasteiger partial charge in [-0.3, -0.25) is 13.9 Å². The zero-order valence-corrected chi connectivity index (χ0v) is 12.4. The zero-order chi connectivity index (χ0) is 14.9. The summed E-state index contributed by atoms with van der Waals surface area (Å²) in [6.45, 7) is 6.12. The number of hydrogen-bond acceptors (Lipinski definition) is 2. The molecule has 1 unspecified atom stereocenters.